The van der Waals surface area contributed by atoms with Crippen molar-refractivity contribution in [3.05, 3.63) is 59.4 Å². The quantitative estimate of drug-likeness (QED) is 0.363. The highest BCUT2D eigenvalue weighted by Crippen LogP contribution is 2.42. The lowest BCUT2D eigenvalue weighted by molar-refractivity contribution is -0.136. The number of rotatable bonds is 2. The number of nitrogens with zero attached hydrogens (tertiary/aromatic N) is 4. The van der Waals surface area contributed by atoms with Gasteiger partial charge in [-0.25, -0.2) is 9.64 Å². The molecule has 1 aliphatic rings. The average Bonchev–Trinajstić information content (AvgIpc) is 2.91. The average molecular weight is 505 g/mol. The van der Waals surface area contributed by atoms with Gasteiger partial charge >= 0.3 is 12.3 Å². The van der Waals surface area contributed by atoms with Gasteiger partial charge in [0.05, 0.1) is 12.1 Å². The first kappa shape index (κ1) is 26.0. The number of hydrogen-bond acceptors (Lipinski definition) is 4. The van der Waals surface area contributed by atoms with E-state index in [2.05, 4.69) is 9.84 Å². The second-order valence-electron chi connectivity index (χ2n) is 9.26. The van der Waals surface area contributed by atoms with Gasteiger partial charge in [0.15, 0.2) is 10.8 Å². The molecule has 1 amide bonds. The number of aliphatic imine (C=N–C) groups is 1. The smallest absolute Gasteiger partial charge is 0.435 e. The van der Waals surface area contributed by atoms with E-state index in [-0.39, 0.29) is 22.4 Å². The molecule has 1 aliphatic heterocycles. The number of carbonyl (C=O) groups excluding carboxylic acids is 1. The molecule has 35 heavy (non-hydrogen) atoms. The van der Waals surface area contributed by atoms with Crippen LogP contribution in [0, 0.1) is 6.57 Å². The van der Waals surface area contributed by atoms with Gasteiger partial charge in [0.1, 0.15) is 22.7 Å². The first-order valence-corrected chi connectivity index (χ1v) is 10.8. The first-order valence-electron chi connectivity index (χ1n) is 10.4. The van der Waals surface area contributed by atoms with Crippen molar-refractivity contribution in [1.29, 1.82) is 0 Å². The molecule has 0 aliphatic carbocycles. The normalized spacial score (nSPS) is 17.0. The number of thiocarbonyl (C=S) groups is 1. The molecule has 0 aromatic heterocycles. The highest BCUT2D eigenvalue weighted by molar-refractivity contribution is 7.81. The molecule has 0 saturated carbocycles. The molecular formula is C24H23F3N4O3S. The minimum atomic E-state index is -4.79. The van der Waals surface area contributed by atoms with Gasteiger partial charge in [0, 0.05) is 11.4 Å². The van der Waals surface area contributed by atoms with Crippen LogP contribution < -0.4 is 9.80 Å². The van der Waals surface area contributed by atoms with Crippen LogP contribution in [0.5, 0.6) is 5.75 Å². The number of aromatic hydroxyl groups is 1. The van der Waals surface area contributed by atoms with Crippen molar-refractivity contribution in [2.45, 2.75) is 51.9 Å². The summed E-state index contributed by atoms with van der Waals surface area (Å²) in [5, 5.41) is 9.73. The summed E-state index contributed by atoms with van der Waals surface area (Å²) in [5.74, 6) is 0.0502. The third-order valence-corrected chi connectivity index (χ3v) is 5.43. The fourth-order valence-electron chi connectivity index (χ4n) is 3.62. The van der Waals surface area contributed by atoms with E-state index >= 15 is 0 Å². The summed E-state index contributed by atoms with van der Waals surface area (Å²) in [7, 11) is 0. The molecule has 0 unspecified atom stereocenters. The van der Waals surface area contributed by atoms with Gasteiger partial charge in [-0.1, -0.05) is 6.07 Å². The second kappa shape index (κ2) is 8.85. The molecule has 1 saturated heterocycles. The van der Waals surface area contributed by atoms with Crippen molar-refractivity contribution >= 4 is 46.3 Å². The highest BCUT2D eigenvalue weighted by atomic mass is 32.1. The number of alkyl halides is 3. The molecule has 1 N–H and O–H groups in total. The molecule has 11 heteroatoms. The van der Waals surface area contributed by atoms with Crippen LogP contribution in [0.1, 0.15) is 40.2 Å². The number of ether oxygens (including phenoxy) is 1. The zero-order chi connectivity index (χ0) is 26.3. The van der Waals surface area contributed by atoms with Crippen LogP contribution in [0.4, 0.5) is 35.0 Å². The van der Waals surface area contributed by atoms with Crippen molar-refractivity contribution in [3.8, 4) is 5.75 Å². The Morgan fingerprint density at radius 2 is 1.69 bits per heavy atom. The first-order chi connectivity index (χ1) is 16.1. The lowest BCUT2D eigenvalue weighted by Gasteiger charge is -2.31. The van der Waals surface area contributed by atoms with Gasteiger partial charge in [0.2, 0.25) is 0 Å². The Kier molecular flexibility index (Phi) is 6.57. The van der Waals surface area contributed by atoms with Crippen LogP contribution in [0.3, 0.4) is 0 Å². The molecule has 0 spiro atoms. The zero-order valence-corrected chi connectivity index (χ0v) is 20.5. The van der Waals surface area contributed by atoms with Crippen molar-refractivity contribution < 1.29 is 27.8 Å². The Morgan fingerprint density at radius 3 is 2.20 bits per heavy atom. The van der Waals surface area contributed by atoms with Gasteiger partial charge in [-0.05, 0) is 83.2 Å². The third-order valence-electron chi connectivity index (χ3n) is 5.06. The number of phenols is 1. The van der Waals surface area contributed by atoms with Crippen LogP contribution in [-0.4, -0.2) is 33.3 Å². The molecule has 0 atom stereocenters. The number of hydrogen-bond donors (Lipinski definition) is 1. The van der Waals surface area contributed by atoms with E-state index in [1.54, 1.807) is 51.7 Å². The summed E-state index contributed by atoms with van der Waals surface area (Å²) >= 11 is 5.66. The van der Waals surface area contributed by atoms with Crippen molar-refractivity contribution in [1.82, 2.24) is 0 Å². The second-order valence-corrected chi connectivity index (χ2v) is 9.62. The summed E-state index contributed by atoms with van der Waals surface area (Å²) < 4.78 is 46.4. The van der Waals surface area contributed by atoms with E-state index in [0.717, 1.165) is 12.1 Å². The topological polar surface area (TPSA) is 69.7 Å². The van der Waals surface area contributed by atoms with Gasteiger partial charge in [-0.2, -0.15) is 18.2 Å². The Balaban J connectivity index is 2.24. The predicted octanol–water partition coefficient (Wildman–Crippen LogP) is 6.69. The van der Waals surface area contributed by atoms with E-state index in [0.29, 0.717) is 5.69 Å². The number of anilines is 2. The maximum atomic E-state index is 13.7. The lowest BCUT2D eigenvalue weighted by atomic mass is 10.0. The molecule has 184 valence electrons. The SMILES string of the molecule is [C-]#[N+]c1ccc(N2C(=S)N(c3ccc(O)cc3)C(C)(C)/C2=N\C(=O)OC(C)(C)C)cc1C(F)(F)F. The van der Waals surface area contributed by atoms with E-state index in [4.69, 9.17) is 23.5 Å². The number of halogens is 3. The number of phenolic OH excluding ortho intramolecular Hbond substituents is 1. The summed E-state index contributed by atoms with van der Waals surface area (Å²) in [4.78, 5) is 22.6. The number of benzene rings is 2. The fraction of sp³-hybridized carbons (Fsp3) is 0.333. The van der Waals surface area contributed by atoms with Gasteiger partial charge < -0.3 is 14.7 Å². The minimum Gasteiger partial charge on any atom is -0.508 e. The van der Waals surface area contributed by atoms with Crippen LogP contribution >= 0.6 is 12.2 Å². The molecule has 3 rings (SSSR count). The monoisotopic (exact) mass is 504 g/mol. The van der Waals surface area contributed by atoms with E-state index in [9.17, 15) is 23.1 Å². The molecule has 1 fully saturated rings. The van der Waals surface area contributed by atoms with Crippen molar-refractivity contribution in [2.24, 2.45) is 4.99 Å². The van der Waals surface area contributed by atoms with Gasteiger partial charge in [-0.3, -0.25) is 4.90 Å². The highest BCUT2D eigenvalue weighted by Gasteiger charge is 2.49. The van der Waals surface area contributed by atoms with Crippen LogP contribution in [0.25, 0.3) is 4.85 Å². The van der Waals surface area contributed by atoms with Crippen LogP contribution in [-0.2, 0) is 10.9 Å². The molecular weight excluding hydrogens is 481 g/mol. The van der Waals surface area contributed by atoms with Crippen LogP contribution in [0.15, 0.2) is 47.5 Å². The molecule has 2 aromatic rings. The molecule has 2 aromatic carbocycles. The molecule has 7 nitrogen and oxygen atoms in total. The summed E-state index contributed by atoms with van der Waals surface area (Å²) in [6.45, 7) is 15.5. The van der Waals surface area contributed by atoms with E-state index in [1.165, 1.54) is 23.1 Å². The Labute approximate surface area is 206 Å². The Morgan fingerprint density at radius 1 is 1.11 bits per heavy atom. The fourth-order valence-corrected chi connectivity index (χ4v) is 4.14. The standard InChI is InChI=1S/C24H23F3N4O3S/c1-22(2,3)34-20(33)29-19-23(4,5)31(14-7-10-16(32)11-8-14)21(35)30(19)15-9-12-18(28-6)17(13-15)24(25,26)27/h7-13,32H,1-5H3/b29-19+. The molecule has 1 heterocycles. The lowest BCUT2D eigenvalue weighted by Crippen LogP contribution is -2.45. The Hall–Kier alpha value is -3.65. The van der Waals surface area contributed by atoms with E-state index < -0.39 is 34.7 Å². The maximum absolute atomic E-state index is 13.7. The van der Waals surface area contributed by atoms with Crippen LogP contribution in [0.2, 0.25) is 0 Å². The summed E-state index contributed by atoms with van der Waals surface area (Å²) in [5.41, 5.74) is -3.16. The number of carbonyl (C=O) groups is 1. The molecule has 0 bridgehead atoms. The number of amides is 1. The zero-order valence-electron chi connectivity index (χ0n) is 19.6. The van der Waals surface area contributed by atoms with Gasteiger partial charge in [-0.15, -0.1) is 0 Å². The minimum absolute atomic E-state index is 0.0146. The van der Waals surface area contributed by atoms with Crippen molar-refractivity contribution in [2.75, 3.05) is 9.80 Å². The summed E-state index contributed by atoms with van der Waals surface area (Å²) in [6.07, 6.45) is -5.72. The van der Waals surface area contributed by atoms with E-state index in [1.807, 2.05) is 0 Å². The third kappa shape index (κ3) is 5.22. The predicted molar refractivity (Wildman–Crippen MR) is 131 cm³/mol. The number of amidine groups is 1. The maximum Gasteiger partial charge on any atom is 0.435 e. The Bertz CT molecular complexity index is 1240. The summed E-state index contributed by atoms with van der Waals surface area (Å²) in [6, 6.07) is 9.22. The molecule has 0 radical (unpaired) electrons. The van der Waals surface area contributed by atoms with Gasteiger partial charge in [0.25, 0.3) is 0 Å². The largest absolute Gasteiger partial charge is 0.508 e. The van der Waals surface area contributed by atoms with Crippen molar-refractivity contribution in [3.63, 3.8) is 0 Å².